The zero-order chi connectivity index (χ0) is 15.4. The molecule has 0 fully saturated rings. The van der Waals surface area contributed by atoms with Crippen LogP contribution in [0.1, 0.15) is 33.9 Å². The Morgan fingerprint density at radius 2 is 2.14 bits per heavy atom. The Balaban J connectivity index is 2.08. The minimum absolute atomic E-state index is 0.0621. The second-order valence-electron chi connectivity index (χ2n) is 4.54. The molecule has 0 aliphatic heterocycles. The molecule has 1 atom stereocenters. The summed E-state index contributed by atoms with van der Waals surface area (Å²) in [4.78, 5) is 27.2. The average molecular weight is 305 g/mol. The molecule has 0 bridgehead atoms. The summed E-state index contributed by atoms with van der Waals surface area (Å²) in [5.74, 6) is -1.08. The van der Waals surface area contributed by atoms with Crippen molar-refractivity contribution >= 4 is 29.0 Å². The van der Waals surface area contributed by atoms with Gasteiger partial charge in [0.05, 0.1) is 17.3 Å². The number of rotatable bonds is 4. The number of aromatic nitrogens is 1. The number of carboxylic acids is 1. The number of anilines is 1. The first-order valence-corrected chi connectivity index (χ1v) is 7.16. The van der Waals surface area contributed by atoms with Gasteiger partial charge in [-0.05, 0) is 26.0 Å². The molecular formula is C14H15N3O3S. The second-order valence-corrected chi connectivity index (χ2v) is 5.47. The molecule has 1 aromatic heterocycles. The van der Waals surface area contributed by atoms with E-state index in [-0.39, 0.29) is 17.3 Å². The Morgan fingerprint density at radius 1 is 1.38 bits per heavy atom. The van der Waals surface area contributed by atoms with Crippen LogP contribution in [-0.2, 0) is 0 Å². The summed E-state index contributed by atoms with van der Waals surface area (Å²) < 4.78 is 0. The normalized spacial score (nSPS) is 11.7. The Hall–Kier alpha value is -2.41. The van der Waals surface area contributed by atoms with Crippen LogP contribution in [0.4, 0.5) is 10.5 Å². The summed E-state index contributed by atoms with van der Waals surface area (Å²) in [7, 11) is 0. The molecule has 2 aromatic rings. The Bertz CT molecular complexity index is 655. The molecule has 0 spiro atoms. The number of urea groups is 1. The number of hydrogen-bond donors (Lipinski definition) is 3. The van der Waals surface area contributed by atoms with Crippen LogP contribution in [0.3, 0.4) is 0 Å². The molecule has 0 radical (unpaired) electrons. The first-order chi connectivity index (χ1) is 9.97. The molecule has 0 aliphatic rings. The van der Waals surface area contributed by atoms with Gasteiger partial charge in [-0.25, -0.2) is 14.6 Å². The average Bonchev–Trinajstić information content (AvgIpc) is 2.94. The van der Waals surface area contributed by atoms with Crippen LogP contribution in [0.25, 0.3) is 0 Å². The Kier molecular flexibility index (Phi) is 4.54. The second kappa shape index (κ2) is 6.36. The zero-order valence-electron chi connectivity index (χ0n) is 11.6. The highest BCUT2D eigenvalue weighted by Crippen LogP contribution is 2.18. The van der Waals surface area contributed by atoms with Crippen LogP contribution in [0.2, 0.25) is 0 Å². The topological polar surface area (TPSA) is 91.3 Å². The van der Waals surface area contributed by atoms with E-state index in [1.54, 1.807) is 25.3 Å². The minimum Gasteiger partial charge on any atom is -0.478 e. The third-order valence-corrected chi connectivity index (χ3v) is 3.78. The molecule has 0 aliphatic carbocycles. The van der Waals surface area contributed by atoms with Gasteiger partial charge in [-0.3, -0.25) is 0 Å². The maximum Gasteiger partial charge on any atom is 0.337 e. The lowest BCUT2D eigenvalue weighted by molar-refractivity contribution is 0.0698. The van der Waals surface area contributed by atoms with E-state index in [0.29, 0.717) is 0 Å². The minimum atomic E-state index is -1.08. The summed E-state index contributed by atoms with van der Waals surface area (Å²) in [6, 6.07) is 4.12. The highest BCUT2D eigenvalue weighted by molar-refractivity contribution is 7.09. The van der Waals surface area contributed by atoms with E-state index < -0.39 is 12.0 Å². The fraction of sp³-hybridized carbons (Fsp3) is 0.214. The third-order valence-electron chi connectivity index (χ3n) is 2.82. The molecule has 0 saturated carbocycles. The molecule has 21 heavy (non-hydrogen) atoms. The fourth-order valence-corrected chi connectivity index (χ4v) is 2.46. The molecule has 7 heteroatoms. The molecule has 3 N–H and O–H groups in total. The summed E-state index contributed by atoms with van der Waals surface area (Å²) in [6.07, 6.45) is 1.67. The molecule has 0 saturated heterocycles. The van der Waals surface area contributed by atoms with Crippen LogP contribution in [0.5, 0.6) is 0 Å². The van der Waals surface area contributed by atoms with E-state index >= 15 is 0 Å². The van der Waals surface area contributed by atoms with Gasteiger partial charge in [-0.2, -0.15) is 0 Å². The van der Waals surface area contributed by atoms with Crippen molar-refractivity contribution in [2.24, 2.45) is 0 Å². The van der Waals surface area contributed by atoms with E-state index in [9.17, 15) is 9.59 Å². The summed E-state index contributed by atoms with van der Waals surface area (Å²) in [5, 5.41) is 17.0. The monoisotopic (exact) mass is 305 g/mol. The van der Waals surface area contributed by atoms with Gasteiger partial charge in [0.1, 0.15) is 5.01 Å². The fourth-order valence-electron chi connectivity index (χ4n) is 1.81. The molecule has 2 rings (SSSR count). The van der Waals surface area contributed by atoms with Crippen molar-refractivity contribution in [3.05, 3.63) is 45.9 Å². The van der Waals surface area contributed by atoms with E-state index in [2.05, 4.69) is 15.6 Å². The molecule has 6 nitrogen and oxygen atoms in total. The number of carboxylic acid groups (broad SMARTS) is 1. The van der Waals surface area contributed by atoms with E-state index in [1.807, 2.05) is 12.3 Å². The molecule has 2 amide bonds. The van der Waals surface area contributed by atoms with Crippen LogP contribution < -0.4 is 10.6 Å². The maximum absolute atomic E-state index is 11.9. The molecule has 1 aromatic carbocycles. The number of thiazole rings is 1. The van der Waals surface area contributed by atoms with Gasteiger partial charge < -0.3 is 15.7 Å². The number of nitrogens with one attached hydrogen (secondary N) is 2. The Morgan fingerprint density at radius 3 is 2.76 bits per heavy atom. The van der Waals surface area contributed by atoms with Crippen molar-refractivity contribution in [3.63, 3.8) is 0 Å². The SMILES string of the molecule is Cc1ccc(NC(=O)NC(C)c2nccs2)c(C(=O)O)c1. The number of aryl methyl sites for hydroxylation is 1. The van der Waals surface area contributed by atoms with Crippen molar-refractivity contribution in [1.82, 2.24) is 10.3 Å². The number of nitrogens with zero attached hydrogens (tertiary/aromatic N) is 1. The van der Waals surface area contributed by atoms with Crippen molar-refractivity contribution in [2.45, 2.75) is 19.9 Å². The van der Waals surface area contributed by atoms with Crippen molar-refractivity contribution in [1.29, 1.82) is 0 Å². The summed E-state index contributed by atoms with van der Waals surface area (Å²) >= 11 is 1.44. The Labute approximate surface area is 125 Å². The lowest BCUT2D eigenvalue weighted by Gasteiger charge is -2.14. The zero-order valence-corrected chi connectivity index (χ0v) is 12.4. The van der Waals surface area contributed by atoms with Crippen LogP contribution in [0.15, 0.2) is 29.8 Å². The van der Waals surface area contributed by atoms with E-state index in [0.717, 1.165) is 10.6 Å². The largest absolute Gasteiger partial charge is 0.478 e. The number of aromatic carboxylic acids is 1. The first-order valence-electron chi connectivity index (χ1n) is 6.28. The lowest BCUT2D eigenvalue weighted by atomic mass is 10.1. The van der Waals surface area contributed by atoms with Gasteiger partial charge in [-0.1, -0.05) is 11.6 Å². The van der Waals surface area contributed by atoms with Crippen molar-refractivity contribution in [2.75, 3.05) is 5.32 Å². The number of carbonyl (C=O) groups is 2. The van der Waals surface area contributed by atoms with Gasteiger partial charge >= 0.3 is 12.0 Å². The first kappa shape index (κ1) is 15.0. The van der Waals surface area contributed by atoms with E-state index in [4.69, 9.17) is 5.11 Å². The standard InChI is InChI=1S/C14H15N3O3S/c1-8-3-4-11(10(7-8)13(18)19)17-14(20)16-9(2)12-15-5-6-21-12/h3-7,9H,1-2H3,(H,18,19)(H2,16,17,20). The molecular weight excluding hydrogens is 290 g/mol. The smallest absolute Gasteiger partial charge is 0.337 e. The number of amides is 2. The summed E-state index contributed by atoms with van der Waals surface area (Å²) in [5.41, 5.74) is 1.14. The number of carbonyl (C=O) groups excluding carboxylic acids is 1. The van der Waals surface area contributed by atoms with Crippen molar-refractivity contribution in [3.8, 4) is 0 Å². The van der Waals surface area contributed by atoms with E-state index in [1.165, 1.54) is 17.4 Å². The van der Waals surface area contributed by atoms with Crippen LogP contribution >= 0.6 is 11.3 Å². The predicted octanol–water partition coefficient (Wildman–Crippen LogP) is 3.03. The van der Waals surface area contributed by atoms with Gasteiger partial charge in [0, 0.05) is 11.6 Å². The third kappa shape index (κ3) is 3.79. The number of hydrogen-bond acceptors (Lipinski definition) is 4. The van der Waals surface area contributed by atoms with Crippen LogP contribution in [0, 0.1) is 6.92 Å². The molecule has 1 unspecified atom stereocenters. The van der Waals surface area contributed by atoms with Crippen molar-refractivity contribution < 1.29 is 14.7 Å². The van der Waals surface area contributed by atoms with Gasteiger partial charge in [0.2, 0.25) is 0 Å². The van der Waals surface area contributed by atoms with Crippen LogP contribution in [-0.4, -0.2) is 22.1 Å². The predicted molar refractivity (Wildman–Crippen MR) is 80.8 cm³/mol. The lowest BCUT2D eigenvalue weighted by Crippen LogP contribution is -2.31. The summed E-state index contributed by atoms with van der Waals surface area (Å²) in [6.45, 7) is 3.60. The highest BCUT2D eigenvalue weighted by atomic mass is 32.1. The van der Waals surface area contributed by atoms with Gasteiger partial charge in [0.25, 0.3) is 0 Å². The number of benzene rings is 1. The molecule has 110 valence electrons. The quantitative estimate of drug-likeness (QED) is 0.809. The molecule has 1 heterocycles. The maximum atomic E-state index is 11.9. The van der Waals surface area contributed by atoms with Gasteiger partial charge in [0.15, 0.2) is 0 Å². The highest BCUT2D eigenvalue weighted by Gasteiger charge is 2.15. The van der Waals surface area contributed by atoms with Gasteiger partial charge in [-0.15, -0.1) is 11.3 Å².